The van der Waals surface area contributed by atoms with E-state index in [9.17, 15) is 4.79 Å². The average Bonchev–Trinajstić information content (AvgIpc) is 2.82. The van der Waals surface area contributed by atoms with Gasteiger partial charge in [-0.25, -0.2) is 0 Å². The fraction of sp³-hybridized carbons (Fsp3) is 0.148. The molecule has 0 bridgehead atoms. The first-order valence-corrected chi connectivity index (χ1v) is 9.95. The van der Waals surface area contributed by atoms with Crippen molar-refractivity contribution in [2.24, 2.45) is 0 Å². The van der Waals surface area contributed by atoms with E-state index in [0.717, 1.165) is 28.2 Å². The lowest BCUT2D eigenvalue weighted by Crippen LogP contribution is -2.09. The Morgan fingerprint density at radius 3 is 2.45 bits per heavy atom. The minimum absolute atomic E-state index is 0.0338. The van der Waals surface area contributed by atoms with E-state index in [1.54, 1.807) is 32.6 Å². The van der Waals surface area contributed by atoms with Crippen molar-refractivity contribution in [2.45, 2.75) is 12.8 Å². The van der Waals surface area contributed by atoms with Gasteiger partial charge in [-0.1, -0.05) is 36.1 Å². The Labute approximate surface area is 181 Å². The van der Waals surface area contributed by atoms with Gasteiger partial charge in [-0.2, -0.15) is 0 Å². The van der Waals surface area contributed by atoms with Gasteiger partial charge in [-0.15, -0.1) is 0 Å². The highest BCUT2D eigenvalue weighted by molar-refractivity contribution is 5.78. The summed E-state index contributed by atoms with van der Waals surface area (Å²) in [6.07, 6.45) is 2.64. The number of methoxy groups -OCH3 is 2. The molecule has 0 aliphatic heterocycles. The number of hydrogen-bond acceptors (Lipinski definition) is 4. The second-order valence-electron chi connectivity index (χ2n) is 7.16. The summed E-state index contributed by atoms with van der Waals surface area (Å²) in [7, 11) is 3.28. The molecule has 4 rings (SSSR count). The molecule has 0 saturated carbocycles. The van der Waals surface area contributed by atoms with Crippen molar-refractivity contribution in [2.75, 3.05) is 14.2 Å². The van der Waals surface area contributed by atoms with Gasteiger partial charge in [0.25, 0.3) is 0 Å². The second-order valence-corrected chi connectivity index (χ2v) is 7.16. The molecule has 3 aromatic carbocycles. The molecule has 0 atom stereocenters. The molecule has 0 spiro atoms. The topological polar surface area (TPSA) is 48.7 Å². The Balaban J connectivity index is 1.58. The van der Waals surface area contributed by atoms with Crippen molar-refractivity contribution in [3.8, 4) is 23.3 Å². The van der Waals surface area contributed by atoms with Gasteiger partial charge in [-0.3, -0.25) is 4.79 Å². The summed E-state index contributed by atoms with van der Waals surface area (Å²) in [4.78, 5) is 13.0. The zero-order valence-corrected chi connectivity index (χ0v) is 17.5. The highest BCUT2D eigenvalue weighted by Gasteiger charge is 2.09. The summed E-state index contributed by atoms with van der Waals surface area (Å²) in [6, 6.07) is 21.0. The molecule has 154 valence electrons. The average molecular weight is 410 g/mol. The maximum atomic E-state index is 13.0. The van der Waals surface area contributed by atoms with E-state index in [0.29, 0.717) is 29.4 Å². The van der Waals surface area contributed by atoms with Gasteiger partial charge >= 0.3 is 0 Å². The first-order valence-electron chi connectivity index (χ1n) is 9.95. The quantitative estimate of drug-likeness (QED) is 0.435. The summed E-state index contributed by atoms with van der Waals surface area (Å²) in [5.74, 6) is 7.91. The highest BCUT2D eigenvalue weighted by atomic mass is 16.5. The minimum atomic E-state index is -0.0338. The van der Waals surface area contributed by atoms with Gasteiger partial charge in [-0.05, 0) is 53.6 Å². The predicted octanol–water partition coefficient (Wildman–Crippen LogP) is 5.00. The highest BCUT2D eigenvalue weighted by Crippen LogP contribution is 2.17. The summed E-state index contributed by atoms with van der Waals surface area (Å²) in [5.41, 5.74) is 4.01. The van der Waals surface area contributed by atoms with Crippen LogP contribution in [0.4, 0.5) is 0 Å². The maximum absolute atomic E-state index is 13.0. The molecule has 0 unspecified atom stereocenters. The molecule has 0 aliphatic rings. The van der Waals surface area contributed by atoms with Crippen LogP contribution in [0.2, 0.25) is 0 Å². The molecule has 0 saturated heterocycles. The lowest BCUT2D eigenvalue weighted by atomic mass is 10.0. The molecule has 1 heterocycles. The van der Waals surface area contributed by atoms with Crippen molar-refractivity contribution in [1.82, 2.24) is 0 Å². The lowest BCUT2D eigenvalue weighted by Gasteiger charge is -2.05. The van der Waals surface area contributed by atoms with Crippen LogP contribution in [0, 0.1) is 11.8 Å². The summed E-state index contributed by atoms with van der Waals surface area (Å²) in [6.45, 7) is 0. The number of hydrogen-bond donors (Lipinski definition) is 0. The second kappa shape index (κ2) is 9.23. The number of ether oxygens (including phenoxy) is 2. The summed E-state index contributed by atoms with van der Waals surface area (Å²) < 4.78 is 16.1. The van der Waals surface area contributed by atoms with E-state index in [1.165, 1.54) is 0 Å². The third-order valence-corrected chi connectivity index (χ3v) is 5.06. The molecule has 4 aromatic rings. The van der Waals surface area contributed by atoms with Crippen LogP contribution in [0.1, 0.15) is 22.3 Å². The summed E-state index contributed by atoms with van der Waals surface area (Å²) >= 11 is 0. The van der Waals surface area contributed by atoms with Gasteiger partial charge < -0.3 is 13.9 Å². The number of fused-ring (bicyclic) bond motifs is 1. The van der Waals surface area contributed by atoms with Crippen LogP contribution in [-0.4, -0.2) is 14.2 Å². The fourth-order valence-electron chi connectivity index (χ4n) is 3.37. The van der Waals surface area contributed by atoms with Gasteiger partial charge in [0.15, 0.2) is 5.43 Å². The lowest BCUT2D eigenvalue weighted by molar-refractivity contribution is 0.414. The van der Waals surface area contributed by atoms with Crippen LogP contribution in [-0.2, 0) is 12.8 Å². The van der Waals surface area contributed by atoms with Crippen LogP contribution in [0.5, 0.6) is 11.5 Å². The molecule has 0 radical (unpaired) electrons. The number of rotatable bonds is 5. The van der Waals surface area contributed by atoms with E-state index in [4.69, 9.17) is 13.9 Å². The Hall–Kier alpha value is -3.97. The van der Waals surface area contributed by atoms with Crippen LogP contribution in [0.3, 0.4) is 0 Å². The molecule has 31 heavy (non-hydrogen) atoms. The Kier molecular flexibility index (Phi) is 6.05. The zero-order chi connectivity index (χ0) is 21.6. The molecular weight excluding hydrogens is 388 g/mol. The van der Waals surface area contributed by atoms with E-state index < -0.39 is 0 Å². The minimum Gasteiger partial charge on any atom is -0.497 e. The van der Waals surface area contributed by atoms with Crippen LogP contribution >= 0.6 is 0 Å². The van der Waals surface area contributed by atoms with Gasteiger partial charge in [0.05, 0.1) is 25.9 Å². The van der Waals surface area contributed by atoms with E-state index in [-0.39, 0.29) is 5.43 Å². The van der Waals surface area contributed by atoms with Crippen LogP contribution in [0.15, 0.2) is 82.2 Å². The van der Waals surface area contributed by atoms with Crippen molar-refractivity contribution in [3.05, 3.63) is 105 Å². The van der Waals surface area contributed by atoms with E-state index in [2.05, 4.69) is 11.8 Å². The van der Waals surface area contributed by atoms with Crippen molar-refractivity contribution >= 4 is 11.0 Å². The summed E-state index contributed by atoms with van der Waals surface area (Å²) in [5, 5.41) is 0.541. The van der Waals surface area contributed by atoms with Crippen LogP contribution < -0.4 is 14.9 Å². The molecule has 4 heteroatoms. The van der Waals surface area contributed by atoms with Gasteiger partial charge in [0.2, 0.25) is 0 Å². The largest absolute Gasteiger partial charge is 0.497 e. The first kappa shape index (κ1) is 20.3. The Morgan fingerprint density at radius 1 is 0.871 bits per heavy atom. The van der Waals surface area contributed by atoms with Crippen molar-refractivity contribution < 1.29 is 13.9 Å². The van der Waals surface area contributed by atoms with E-state index in [1.807, 2.05) is 54.6 Å². The number of benzene rings is 3. The maximum Gasteiger partial charge on any atom is 0.196 e. The molecular formula is C27H22O4. The third kappa shape index (κ3) is 4.79. The standard InChI is InChI=1S/C27H22O4/c1-29-23-12-9-21(10-13-23)15-22-18-31-26-14-11-20(17-25(26)27(22)28)6-3-5-19-7-4-8-24(16-19)30-2/h4,7-14,16-18H,5,15H2,1-2H3. The Bertz CT molecular complexity index is 1320. The van der Waals surface area contributed by atoms with E-state index >= 15 is 0 Å². The molecule has 0 amide bonds. The smallest absolute Gasteiger partial charge is 0.196 e. The van der Waals surface area contributed by atoms with Crippen molar-refractivity contribution in [1.29, 1.82) is 0 Å². The Morgan fingerprint density at radius 2 is 1.68 bits per heavy atom. The molecule has 1 aromatic heterocycles. The van der Waals surface area contributed by atoms with Crippen molar-refractivity contribution in [3.63, 3.8) is 0 Å². The zero-order valence-electron chi connectivity index (χ0n) is 17.5. The third-order valence-electron chi connectivity index (χ3n) is 5.06. The monoisotopic (exact) mass is 410 g/mol. The van der Waals surface area contributed by atoms with Gasteiger partial charge in [0.1, 0.15) is 17.1 Å². The first-order chi connectivity index (χ1) is 15.2. The fourth-order valence-corrected chi connectivity index (χ4v) is 3.37. The predicted molar refractivity (Wildman–Crippen MR) is 122 cm³/mol. The molecule has 4 nitrogen and oxygen atoms in total. The molecule has 0 N–H and O–H groups in total. The van der Waals surface area contributed by atoms with Gasteiger partial charge in [0, 0.05) is 24.0 Å². The normalized spacial score (nSPS) is 10.4. The molecule has 0 fully saturated rings. The van der Waals surface area contributed by atoms with Crippen LogP contribution in [0.25, 0.3) is 11.0 Å². The SMILES string of the molecule is COc1ccc(Cc2coc3ccc(C#CCc4cccc(OC)c4)cc3c2=O)cc1. The molecule has 0 aliphatic carbocycles.